The van der Waals surface area contributed by atoms with Gasteiger partial charge in [0.05, 0.1) is 11.4 Å². The first-order valence-corrected chi connectivity index (χ1v) is 11.8. The van der Waals surface area contributed by atoms with E-state index in [1.54, 1.807) is 4.90 Å². The number of nitrogens with one attached hydrogen (secondary N) is 1. The second-order valence-electron chi connectivity index (χ2n) is 8.20. The summed E-state index contributed by atoms with van der Waals surface area (Å²) in [5, 5.41) is 3.24. The van der Waals surface area contributed by atoms with Crippen molar-refractivity contribution in [2.75, 3.05) is 32.7 Å². The standard InChI is InChI=1S/C21H33N3O3S/c1-16-13-17(2)21(18(3)14-16)28(26,27)24(19-7-5-4-6-8-19)15-20(25)23-11-9-22-10-12-23/h13-14,19,22H,4-12,15H2,1-3H3. The molecular weight excluding hydrogens is 374 g/mol. The summed E-state index contributed by atoms with van der Waals surface area (Å²) < 4.78 is 29.0. The maximum Gasteiger partial charge on any atom is 0.244 e. The van der Waals surface area contributed by atoms with Crippen LogP contribution in [0.25, 0.3) is 0 Å². The van der Waals surface area contributed by atoms with E-state index in [-0.39, 0.29) is 18.5 Å². The molecule has 1 aliphatic heterocycles. The number of carbonyl (C=O) groups excluding carboxylic acids is 1. The molecule has 0 spiro atoms. The van der Waals surface area contributed by atoms with E-state index in [2.05, 4.69) is 5.32 Å². The van der Waals surface area contributed by atoms with Gasteiger partial charge in [0.1, 0.15) is 0 Å². The van der Waals surface area contributed by atoms with Crippen LogP contribution in [0.1, 0.15) is 48.8 Å². The van der Waals surface area contributed by atoms with Crippen molar-refractivity contribution >= 4 is 15.9 Å². The van der Waals surface area contributed by atoms with Crippen LogP contribution in [0.3, 0.4) is 0 Å². The molecule has 6 nitrogen and oxygen atoms in total. The van der Waals surface area contributed by atoms with Gasteiger partial charge in [0.15, 0.2) is 0 Å². The number of benzene rings is 1. The number of aryl methyl sites for hydroxylation is 3. The maximum atomic E-state index is 13.7. The number of piperazine rings is 1. The number of rotatable bonds is 5. The highest BCUT2D eigenvalue weighted by atomic mass is 32.2. The molecule has 0 atom stereocenters. The summed E-state index contributed by atoms with van der Waals surface area (Å²) in [4.78, 5) is 15.1. The third-order valence-electron chi connectivity index (χ3n) is 5.91. The van der Waals surface area contributed by atoms with Gasteiger partial charge >= 0.3 is 0 Å². The molecule has 7 heteroatoms. The fourth-order valence-electron chi connectivity index (χ4n) is 4.62. The van der Waals surface area contributed by atoms with Crippen LogP contribution in [0, 0.1) is 20.8 Å². The lowest BCUT2D eigenvalue weighted by Gasteiger charge is -2.36. The first-order chi connectivity index (χ1) is 13.3. The van der Waals surface area contributed by atoms with Gasteiger partial charge < -0.3 is 10.2 Å². The molecule has 3 rings (SSSR count). The SMILES string of the molecule is Cc1cc(C)c(S(=O)(=O)N(CC(=O)N2CCNCC2)C2CCCCC2)c(C)c1. The van der Waals surface area contributed by atoms with E-state index in [0.29, 0.717) is 18.0 Å². The first-order valence-electron chi connectivity index (χ1n) is 10.4. The van der Waals surface area contributed by atoms with E-state index >= 15 is 0 Å². The van der Waals surface area contributed by atoms with Crippen molar-refractivity contribution in [2.45, 2.75) is 63.8 Å². The Labute approximate surface area is 169 Å². The molecule has 1 amide bonds. The highest BCUT2D eigenvalue weighted by Gasteiger charge is 2.36. The topological polar surface area (TPSA) is 69.7 Å². The van der Waals surface area contributed by atoms with Crippen molar-refractivity contribution < 1.29 is 13.2 Å². The molecule has 1 saturated carbocycles. The summed E-state index contributed by atoms with van der Waals surface area (Å²) in [6, 6.07) is 3.74. The number of hydrogen-bond acceptors (Lipinski definition) is 4. The van der Waals surface area contributed by atoms with Crippen LogP contribution in [-0.4, -0.2) is 62.3 Å². The summed E-state index contributed by atoms with van der Waals surface area (Å²) in [5.74, 6) is -0.0851. The van der Waals surface area contributed by atoms with Gasteiger partial charge in [-0.1, -0.05) is 37.0 Å². The summed E-state index contributed by atoms with van der Waals surface area (Å²) in [7, 11) is -3.74. The Bertz CT molecular complexity index is 787. The number of nitrogens with zero attached hydrogens (tertiary/aromatic N) is 2. The minimum absolute atomic E-state index is 0.0558. The maximum absolute atomic E-state index is 13.7. The van der Waals surface area contributed by atoms with Gasteiger partial charge in [-0.3, -0.25) is 4.79 Å². The Balaban J connectivity index is 1.94. The number of sulfonamides is 1. The van der Waals surface area contributed by atoms with Crippen LogP contribution in [0.5, 0.6) is 0 Å². The smallest absolute Gasteiger partial charge is 0.244 e. The molecule has 1 saturated heterocycles. The Hall–Kier alpha value is -1.44. The van der Waals surface area contributed by atoms with Gasteiger partial charge in [-0.25, -0.2) is 8.42 Å². The van der Waals surface area contributed by atoms with Crippen LogP contribution in [-0.2, 0) is 14.8 Å². The molecule has 0 unspecified atom stereocenters. The van der Waals surface area contributed by atoms with Crippen molar-refractivity contribution in [3.63, 3.8) is 0 Å². The van der Waals surface area contributed by atoms with Crippen molar-refractivity contribution in [3.05, 3.63) is 28.8 Å². The molecule has 2 aliphatic rings. The van der Waals surface area contributed by atoms with E-state index < -0.39 is 10.0 Å². The van der Waals surface area contributed by atoms with Crippen molar-refractivity contribution in [1.29, 1.82) is 0 Å². The number of amides is 1. The van der Waals surface area contributed by atoms with E-state index in [1.807, 2.05) is 32.9 Å². The Morgan fingerprint density at radius 2 is 1.64 bits per heavy atom. The minimum Gasteiger partial charge on any atom is -0.339 e. The van der Waals surface area contributed by atoms with Crippen LogP contribution in [0.2, 0.25) is 0 Å². The average molecular weight is 408 g/mol. The second kappa shape index (κ2) is 8.93. The number of hydrogen-bond donors (Lipinski definition) is 1. The molecule has 1 aromatic carbocycles. The third-order valence-corrected chi connectivity index (χ3v) is 8.12. The Kier molecular flexibility index (Phi) is 6.78. The first kappa shape index (κ1) is 21.3. The molecular formula is C21H33N3O3S. The van der Waals surface area contributed by atoms with Crippen LogP contribution >= 0.6 is 0 Å². The molecule has 28 heavy (non-hydrogen) atoms. The van der Waals surface area contributed by atoms with Crippen LogP contribution in [0.15, 0.2) is 17.0 Å². The van der Waals surface area contributed by atoms with Crippen LogP contribution in [0.4, 0.5) is 0 Å². The fourth-order valence-corrected chi connectivity index (χ4v) is 6.67. The van der Waals surface area contributed by atoms with Crippen molar-refractivity contribution in [3.8, 4) is 0 Å². The second-order valence-corrected chi connectivity index (χ2v) is 10.0. The molecule has 0 aromatic heterocycles. The zero-order valence-corrected chi connectivity index (χ0v) is 18.1. The molecule has 1 aromatic rings. The summed E-state index contributed by atoms with van der Waals surface area (Å²) >= 11 is 0. The van der Waals surface area contributed by atoms with Gasteiger partial charge in [-0.15, -0.1) is 0 Å². The Morgan fingerprint density at radius 1 is 1.07 bits per heavy atom. The predicted molar refractivity (Wildman–Crippen MR) is 111 cm³/mol. The zero-order chi connectivity index (χ0) is 20.3. The minimum atomic E-state index is -3.74. The van der Waals surface area contributed by atoms with Crippen molar-refractivity contribution in [2.24, 2.45) is 0 Å². The van der Waals surface area contributed by atoms with Gasteiger partial charge in [0.25, 0.3) is 0 Å². The molecule has 1 heterocycles. The van der Waals surface area contributed by atoms with Gasteiger partial charge in [-0.05, 0) is 44.7 Å². The van der Waals surface area contributed by atoms with Crippen LogP contribution < -0.4 is 5.32 Å². The monoisotopic (exact) mass is 407 g/mol. The van der Waals surface area contributed by atoms with E-state index in [9.17, 15) is 13.2 Å². The number of carbonyl (C=O) groups is 1. The van der Waals surface area contributed by atoms with E-state index in [4.69, 9.17) is 0 Å². The molecule has 1 N–H and O–H groups in total. The molecule has 1 aliphatic carbocycles. The third kappa shape index (κ3) is 4.58. The largest absolute Gasteiger partial charge is 0.339 e. The lowest BCUT2D eigenvalue weighted by molar-refractivity contribution is -0.132. The van der Waals surface area contributed by atoms with Gasteiger partial charge in [-0.2, -0.15) is 4.31 Å². The fraction of sp³-hybridized carbons (Fsp3) is 0.667. The van der Waals surface area contributed by atoms with Gasteiger partial charge in [0.2, 0.25) is 15.9 Å². The summed E-state index contributed by atoms with van der Waals surface area (Å²) in [6.45, 7) is 8.42. The van der Waals surface area contributed by atoms with Crippen molar-refractivity contribution in [1.82, 2.24) is 14.5 Å². The summed E-state index contributed by atoms with van der Waals surface area (Å²) in [6.07, 6.45) is 4.84. The molecule has 0 bridgehead atoms. The lowest BCUT2D eigenvalue weighted by atomic mass is 9.95. The molecule has 156 valence electrons. The lowest BCUT2D eigenvalue weighted by Crippen LogP contribution is -2.52. The average Bonchev–Trinajstić information content (AvgIpc) is 2.66. The quantitative estimate of drug-likeness (QED) is 0.814. The van der Waals surface area contributed by atoms with Gasteiger partial charge in [0, 0.05) is 32.2 Å². The van der Waals surface area contributed by atoms with E-state index in [1.165, 1.54) is 4.31 Å². The molecule has 0 radical (unpaired) electrons. The normalized spacial score (nSPS) is 19.2. The highest BCUT2D eigenvalue weighted by molar-refractivity contribution is 7.89. The van der Waals surface area contributed by atoms with E-state index in [0.717, 1.165) is 61.9 Å². The highest BCUT2D eigenvalue weighted by Crippen LogP contribution is 2.31. The zero-order valence-electron chi connectivity index (χ0n) is 17.3. The summed E-state index contributed by atoms with van der Waals surface area (Å²) in [5.41, 5.74) is 2.57. The molecule has 2 fully saturated rings. The Morgan fingerprint density at radius 3 is 2.21 bits per heavy atom. The predicted octanol–water partition coefficient (Wildman–Crippen LogP) is 2.37.